The van der Waals surface area contributed by atoms with E-state index in [2.05, 4.69) is 63.4 Å². The Balaban J connectivity index is 1.53. The Morgan fingerprint density at radius 2 is 1.38 bits per heavy atom. The van der Waals surface area contributed by atoms with Crippen LogP contribution in [0.2, 0.25) is 0 Å². The number of amides is 1. The molecule has 0 saturated carbocycles. The number of aromatic nitrogens is 2. The summed E-state index contributed by atoms with van der Waals surface area (Å²) in [5.74, 6) is 0.00335. The summed E-state index contributed by atoms with van der Waals surface area (Å²) in [4.78, 5) is 25.8. The van der Waals surface area contributed by atoms with Crippen LogP contribution < -0.4 is 0 Å². The van der Waals surface area contributed by atoms with Crippen molar-refractivity contribution in [3.05, 3.63) is 95.1 Å². The van der Waals surface area contributed by atoms with Crippen LogP contribution in [-0.2, 0) is 0 Å². The number of piperazine rings is 1. The van der Waals surface area contributed by atoms with Crippen LogP contribution in [0.5, 0.6) is 0 Å². The summed E-state index contributed by atoms with van der Waals surface area (Å²) in [6, 6.07) is 21.4. The molecule has 1 fully saturated rings. The highest BCUT2D eigenvalue weighted by Crippen LogP contribution is 2.29. The zero-order valence-corrected chi connectivity index (χ0v) is 17.0. The maximum absolute atomic E-state index is 13.0. The smallest absolute Gasteiger partial charge is 0.272 e. The van der Waals surface area contributed by atoms with Gasteiger partial charge in [0.05, 0.1) is 6.04 Å². The molecular formula is C24H26N4O. The Morgan fingerprint density at radius 3 is 1.93 bits per heavy atom. The zero-order chi connectivity index (χ0) is 20.2. The molecule has 0 unspecified atom stereocenters. The Hall–Kier alpha value is -3.05. The second-order valence-electron chi connectivity index (χ2n) is 7.48. The lowest BCUT2D eigenvalue weighted by atomic mass is 9.96. The maximum atomic E-state index is 13.0. The molecule has 1 aromatic heterocycles. The molecule has 1 aliphatic rings. The van der Waals surface area contributed by atoms with Gasteiger partial charge in [-0.05, 0) is 25.0 Å². The van der Waals surface area contributed by atoms with Crippen molar-refractivity contribution in [1.82, 2.24) is 19.8 Å². The summed E-state index contributed by atoms with van der Waals surface area (Å²) in [7, 11) is 0. The number of nitrogens with zero attached hydrogens (tertiary/aromatic N) is 4. The van der Waals surface area contributed by atoms with Gasteiger partial charge in [0, 0.05) is 37.4 Å². The second kappa shape index (κ2) is 8.53. The zero-order valence-electron chi connectivity index (χ0n) is 17.0. The molecule has 2 aromatic carbocycles. The fourth-order valence-electron chi connectivity index (χ4n) is 3.97. The topological polar surface area (TPSA) is 49.3 Å². The van der Waals surface area contributed by atoms with E-state index in [0.717, 1.165) is 24.3 Å². The molecule has 0 bridgehead atoms. The molecule has 0 aliphatic carbocycles. The van der Waals surface area contributed by atoms with Crippen LogP contribution in [0.4, 0.5) is 0 Å². The fourth-order valence-corrected chi connectivity index (χ4v) is 3.97. The minimum absolute atomic E-state index is 0.00335. The molecule has 148 valence electrons. The first-order valence-corrected chi connectivity index (χ1v) is 10.1. The van der Waals surface area contributed by atoms with Gasteiger partial charge < -0.3 is 4.90 Å². The van der Waals surface area contributed by atoms with Crippen molar-refractivity contribution in [2.24, 2.45) is 0 Å². The highest BCUT2D eigenvalue weighted by Gasteiger charge is 2.29. The summed E-state index contributed by atoms with van der Waals surface area (Å²) in [5, 5.41) is 0. The van der Waals surface area contributed by atoms with Crippen LogP contribution in [0, 0.1) is 13.8 Å². The summed E-state index contributed by atoms with van der Waals surface area (Å²) >= 11 is 0. The van der Waals surface area contributed by atoms with E-state index in [9.17, 15) is 4.79 Å². The van der Waals surface area contributed by atoms with Gasteiger partial charge in [-0.3, -0.25) is 9.69 Å². The number of carbonyl (C=O) groups excluding carboxylic acids is 1. The Morgan fingerprint density at radius 1 is 0.828 bits per heavy atom. The lowest BCUT2D eigenvalue weighted by molar-refractivity contribution is 0.0590. The summed E-state index contributed by atoms with van der Waals surface area (Å²) in [6.07, 6.45) is 1.48. The van der Waals surface area contributed by atoms with Crippen molar-refractivity contribution in [2.75, 3.05) is 26.2 Å². The van der Waals surface area contributed by atoms with Gasteiger partial charge in [0.15, 0.2) is 0 Å². The van der Waals surface area contributed by atoms with Gasteiger partial charge in [-0.15, -0.1) is 0 Å². The third kappa shape index (κ3) is 4.05. The van der Waals surface area contributed by atoms with Crippen LogP contribution in [0.1, 0.15) is 38.9 Å². The first kappa shape index (κ1) is 19.3. The Bertz CT molecular complexity index is 927. The normalized spacial score (nSPS) is 14.9. The van der Waals surface area contributed by atoms with Crippen LogP contribution in [0.15, 0.2) is 67.0 Å². The van der Waals surface area contributed by atoms with Gasteiger partial charge in [0.1, 0.15) is 12.0 Å². The Kier molecular flexibility index (Phi) is 5.67. The van der Waals surface area contributed by atoms with Gasteiger partial charge in [-0.2, -0.15) is 0 Å². The minimum atomic E-state index is 0.00335. The van der Waals surface area contributed by atoms with Crippen LogP contribution in [0.25, 0.3) is 0 Å². The van der Waals surface area contributed by atoms with Crippen molar-refractivity contribution < 1.29 is 4.79 Å². The number of benzene rings is 2. The summed E-state index contributed by atoms with van der Waals surface area (Å²) in [5.41, 5.74) is 4.80. The molecule has 1 aliphatic heterocycles. The van der Waals surface area contributed by atoms with Gasteiger partial charge in [0.25, 0.3) is 5.91 Å². The van der Waals surface area contributed by atoms with Gasteiger partial charge in [-0.25, -0.2) is 9.97 Å². The van der Waals surface area contributed by atoms with Gasteiger partial charge >= 0.3 is 0 Å². The molecule has 1 amide bonds. The van der Waals surface area contributed by atoms with E-state index in [1.54, 1.807) is 0 Å². The van der Waals surface area contributed by atoms with E-state index < -0.39 is 0 Å². The number of rotatable bonds is 4. The van der Waals surface area contributed by atoms with Crippen molar-refractivity contribution in [1.29, 1.82) is 0 Å². The van der Waals surface area contributed by atoms with Crippen molar-refractivity contribution in [3.8, 4) is 0 Å². The molecule has 3 aromatic rings. The average molecular weight is 386 g/mol. The van der Waals surface area contributed by atoms with Crippen molar-refractivity contribution >= 4 is 5.91 Å². The van der Waals surface area contributed by atoms with Gasteiger partial charge in [0.2, 0.25) is 0 Å². The van der Waals surface area contributed by atoms with E-state index in [1.807, 2.05) is 30.9 Å². The molecule has 0 N–H and O–H groups in total. The summed E-state index contributed by atoms with van der Waals surface area (Å²) < 4.78 is 0. The molecule has 29 heavy (non-hydrogen) atoms. The molecule has 0 atom stereocenters. The molecule has 0 radical (unpaired) electrons. The number of aryl methyl sites for hydroxylation is 1. The number of hydrogen-bond donors (Lipinski definition) is 0. The monoisotopic (exact) mass is 386 g/mol. The molecular weight excluding hydrogens is 360 g/mol. The second-order valence-corrected chi connectivity index (χ2v) is 7.48. The average Bonchev–Trinajstić information content (AvgIpc) is 2.77. The highest BCUT2D eigenvalue weighted by atomic mass is 16.2. The molecule has 5 nitrogen and oxygen atoms in total. The van der Waals surface area contributed by atoms with E-state index in [-0.39, 0.29) is 11.9 Å². The minimum Gasteiger partial charge on any atom is -0.335 e. The predicted molar refractivity (Wildman–Crippen MR) is 114 cm³/mol. The SMILES string of the molecule is Cc1ncnc(C(=O)N2CCN(C(c3ccccc3)c3ccccc3)CC2)c1C. The van der Waals surface area contributed by atoms with Crippen LogP contribution in [-0.4, -0.2) is 51.9 Å². The van der Waals surface area contributed by atoms with E-state index in [0.29, 0.717) is 18.8 Å². The lowest BCUT2D eigenvalue weighted by Crippen LogP contribution is -2.50. The van der Waals surface area contributed by atoms with Crippen LogP contribution in [0.3, 0.4) is 0 Å². The molecule has 2 heterocycles. The summed E-state index contributed by atoms with van der Waals surface area (Å²) in [6.45, 7) is 6.86. The molecule has 5 heteroatoms. The standard InChI is InChI=1S/C24H26N4O/c1-18-19(2)25-17-26-22(18)24(29)28-15-13-27(14-16-28)23(20-9-5-3-6-10-20)21-11-7-4-8-12-21/h3-12,17,23H,13-16H2,1-2H3. The maximum Gasteiger partial charge on any atom is 0.272 e. The predicted octanol–water partition coefficient (Wildman–Crippen LogP) is 3.64. The largest absolute Gasteiger partial charge is 0.335 e. The highest BCUT2D eigenvalue weighted by molar-refractivity contribution is 5.93. The van der Waals surface area contributed by atoms with E-state index >= 15 is 0 Å². The first-order valence-electron chi connectivity index (χ1n) is 10.1. The first-order chi connectivity index (χ1) is 14.1. The van der Waals surface area contributed by atoms with E-state index in [1.165, 1.54) is 17.5 Å². The molecule has 4 rings (SSSR count). The van der Waals surface area contributed by atoms with Crippen molar-refractivity contribution in [3.63, 3.8) is 0 Å². The number of carbonyl (C=O) groups is 1. The fraction of sp³-hybridized carbons (Fsp3) is 0.292. The quantitative estimate of drug-likeness (QED) is 0.687. The lowest BCUT2D eigenvalue weighted by Gasteiger charge is -2.39. The number of hydrogen-bond acceptors (Lipinski definition) is 4. The third-order valence-electron chi connectivity index (χ3n) is 5.74. The molecule has 0 spiro atoms. The third-order valence-corrected chi connectivity index (χ3v) is 5.74. The van der Waals surface area contributed by atoms with E-state index in [4.69, 9.17) is 0 Å². The molecule has 1 saturated heterocycles. The van der Waals surface area contributed by atoms with Crippen LogP contribution >= 0.6 is 0 Å². The van der Waals surface area contributed by atoms with Crippen molar-refractivity contribution in [2.45, 2.75) is 19.9 Å². The van der Waals surface area contributed by atoms with Gasteiger partial charge in [-0.1, -0.05) is 60.7 Å². The Labute approximate surface area is 172 Å².